The molecule has 1 atom stereocenters. The number of carbonyl (C=O) groups excluding carboxylic acids is 2. The number of alkyl halides is 3. The summed E-state index contributed by atoms with van der Waals surface area (Å²) in [7, 11) is 0. The molecular formula is C30H29F3N2O4. The zero-order valence-electron chi connectivity index (χ0n) is 22.0. The molecule has 4 rings (SSSR count). The number of aliphatic hydroxyl groups is 1. The number of pyridine rings is 1. The highest BCUT2D eigenvalue weighted by Crippen LogP contribution is 2.41. The number of rotatable bonds is 6. The van der Waals surface area contributed by atoms with Gasteiger partial charge in [-0.05, 0) is 60.4 Å². The van der Waals surface area contributed by atoms with Crippen molar-refractivity contribution in [1.29, 1.82) is 0 Å². The number of aromatic nitrogens is 1. The zero-order valence-corrected chi connectivity index (χ0v) is 22.0. The molecule has 1 aliphatic rings. The standard InChI is InChI=1S/C30H29F3N2O4/c1-5-39-23-13-12-19(16-21(23)29(2,3)4)26(36)24-25(22-11-6-7-14-34-22)35(28(38)27(24)37)17-18-9-8-10-20(15-18)30(31,32)33/h6-16,25,36H,5,17H2,1-4H3/b26-24-. The van der Waals surface area contributed by atoms with Gasteiger partial charge in [0, 0.05) is 23.9 Å². The van der Waals surface area contributed by atoms with E-state index >= 15 is 0 Å². The monoisotopic (exact) mass is 538 g/mol. The molecule has 9 heteroatoms. The molecule has 0 bridgehead atoms. The van der Waals surface area contributed by atoms with E-state index in [0.29, 0.717) is 23.6 Å². The van der Waals surface area contributed by atoms with E-state index in [1.807, 2.05) is 27.7 Å². The number of likely N-dealkylation sites (tertiary alicyclic amines) is 1. The van der Waals surface area contributed by atoms with Crippen molar-refractivity contribution in [3.8, 4) is 5.75 Å². The van der Waals surface area contributed by atoms with Gasteiger partial charge in [-0.2, -0.15) is 13.2 Å². The number of halogens is 3. The van der Waals surface area contributed by atoms with Crippen LogP contribution in [0.4, 0.5) is 13.2 Å². The number of ether oxygens (including phenoxy) is 1. The lowest BCUT2D eigenvalue weighted by Crippen LogP contribution is -2.29. The van der Waals surface area contributed by atoms with Gasteiger partial charge in [-0.15, -0.1) is 0 Å². The van der Waals surface area contributed by atoms with Crippen LogP contribution in [-0.2, 0) is 27.7 Å². The maximum Gasteiger partial charge on any atom is 0.416 e. The van der Waals surface area contributed by atoms with Crippen molar-refractivity contribution in [1.82, 2.24) is 9.88 Å². The fourth-order valence-corrected chi connectivity index (χ4v) is 4.63. The van der Waals surface area contributed by atoms with Gasteiger partial charge in [-0.3, -0.25) is 14.6 Å². The van der Waals surface area contributed by atoms with E-state index in [1.54, 1.807) is 36.4 Å². The van der Waals surface area contributed by atoms with Crippen LogP contribution in [0.2, 0.25) is 0 Å². The molecule has 39 heavy (non-hydrogen) atoms. The summed E-state index contributed by atoms with van der Waals surface area (Å²) in [4.78, 5) is 32.0. The van der Waals surface area contributed by atoms with Crippen LogP contribution in [0.1, 0.15) is 61.7 Å². The predicted octanol–water partition coefficient (Wildman–Crippen LogP) is 6.42. The van der Waals surface area contributed by atoms with Crippen molar-refractivity contribution >= 4 is 17.4 Å². The van der Waals surface area contributed by atoms with Gasteiger partial charge in [-0.1, -0.05) is 39.0 Å². The summed E-state index contributed by atoms with van der Waals surface area (Å²) in [6.45, 7) is 7.96. The van der Waals surface area contributed by atoms with Gasteiger partial charge in [0.1, 0.15) is 17.6 Å². The smallest absolute Gasteiger partial charge is 0.416 e. The lowest BCUT2D eigenvalue weighted by atomic mass is 9.84. The van der Waals surface area contributed by atoms with E-state index < -0.39 is 35.2 Å². The molecule has 0 radical (unpaired) electrons. The number of hydrogen-bond acceptors (Lipinski definition) is 5. The Morgan fingerprint density at radius 3 is 2.38 bits per heavy atom. The zero-order chi connectivity index (χ0) is 28.5. The molecule has 0 spiro atoms. The highest BCUT2D eigenvalue weighted by molar-refractivity contribution is 6.46. The molecule has 2 aromatic carbocycles. The number of ketones is 1. The van der Waals surface area contributed by atoms with Gasteiger partial charge in [0.15, 0.2) is 0 Å². The van der Waals surface area contributed by atoms with Gasteiger partial charge in [0.2, 0.25) is 0 Å². The third-order valence-electron chi connectivity index (χ3n) is 6.48. The fourth-order valence-electron chi connectivity index (χ4n) is 4.63. The minimum atomic E-state index is -4.57. The van der Waals surface area contributed by atoms with Crippen molar-refractivity contribution in [2.45, 2.75) is 51.9 Å². The number of carbonyl (C=O) groups is 2. The Kier molecular flexibility index (Phi) is 7.54. The van der Waals surface area contributed by atoms with Crippen molar-refractivity contribution in [3.05, 3.63) is 100 Å². The molecule has 6 nitrogen and oxygen atoms in total. The largest absolute Gasteiger partial charge is 0.507 e. The number of benzene rings is 2. The summed E-state index contributed by atoms with van der Waals surface area (Å²) in [6, 6.07) is 13.4. The molecule has 1 unspecified atom stereocenters. The predicted molar refractivity (Wildman–Crippen MR) is 140 cm³/mol. The van der Waals surface area contributed by atoms with Crippen molar-refractivity contribution < 1.29 is 32.6 Å². The topological polar surface area (TPSA) is 79.7 Å². The van der Waals surface area contributed by atoms with E-state index in [2.05, 4.69) is 4.98 Å². The average Bonchev–Trinajstić information content (AvgIpc) is 3.13. The Morgan fingerprint density at radius 1 is 1.03 bits per heavy atom. The maximum atomic E-state index is 13.3. The molecule has 1 aromatic heterocycles. The second kappa shape index (κ2) is 10.6. The summed E-state index contributed by atoms with van der Waals surface area (Å²) < 4.78 is 45.7. The molecule has 1 amide bonds. The van der Waals surface area contributed by atoms with Gasteiger partial charge in [0.05, 0.1) is 23.4 Å². The number of aliphatic hydroxyl groups excluding tert-OH is 1. The minimum Gasteiger partial charge on any atom is -0.507 e. The van der Waals surface area contributed by atoms with Crippen LogP contribution in [0.5, 0.6) is 5.75 Å². The van der Waals surface area contributed by atoms with Crippen molar-refractivity contribution in [2.24, 2.45) is 0 Å². The second-order valence-electron chi connectivity index (χ2n) is 10.3. The van der Waals surface area contributed by atoms with Gasteiger partial charge < -0.3 is 14.7 Å². The quantitative estimate of drug-likeness (QED) is 0.223. The fraction of sp³-hybridized carbons (Fsp3) is 0.300. The highest BCUT2D eigenvalue weighted by Gasteiger charge is 2.47. The molecule has 3 aromatic rings. The molecule has 0 saturated carbocycles. The van der Waals surface area contributed by atoms with E-state index in [-0.39, 0.29) is 23.1 Å². The SMILES string of the molecule is CCOc1ccc(/C(O)=C2/C(=O)C(=O)N(Cc3cccc(C(F)(F)F)c3)C2c2ccccn2)cc1C(C)(C)C. The molecule has 2 heterocycles. The summed E-state index contributed by atoms with van der Waals surface area (Å²) >= 11 is 0. The minimum absolute atomic E-state index is 0.184. The van der Waals surface area contributed by atoms with Crippen LogP contribution in [0, 0.1) is 0 Å². The Hall–Kier alpha value is -4.14. The number of nitrogens with zero attached hydrogens (tertiary/aromatic N) is 2. The Labute approximate surface area is 224 Å². The molecule has 1 saturated heterocycles. The summed E-state index contributed by atoms with van der Waals surface area (Å²) in [5, 5.41) is 11.4. The van der Waals surface area contributed by atoms with Crippen LogP contribution in [0.3, 0.4) is 0 Å². The normalized spacial score (nSPS) is 17.5. The maximum absolute atomic E-state index is 13.3. The summed E-state index contributed by atoms with van der Waals surface area (Å²) in [5.41, 5.74) is 0.166. The van der Waals surface area contributed by atoms with Crippen LogP contribution < -0.4 is 4.74 Å². The van der Waals surface area contributed by atoms with E-state index in [1.165, 1.54) is 18.3 Å². The highest BCUT2D eigenvalue weighted by atomic mass is 19.4. The van der Waals surface area contributed by atoms with Gasteiger partial charge in [-0.25, -0.2) is 0 Å². The summed E-state index contributed by atoms with van der Waals surface area (Å²) in [5.74, 6) is -1.65. The number of amides is 1. The van der Waals surface area contributed by atoms with E-state index in [9.17, 15) is 27.9 Å². The van der Waals surface area contributed by atoms with E-state index in [4.69, 9.17) is 4.74 Å². The number of hydrogen-bond donors (Lipinski definition) is 1. The second-order valence-corrected chi connectivity index (χ2v) is 10.3. The molecule has 1 aliphatic heterocycles. The Balaban J connectivity index is 1.85. The third kappa shape index (κ3) is 5.67. The molecule has 204 valence electrons. The molecule has 0 aliphatic carbocycles. The van der Waals surface area contributed by atoms with Crippen molar-refractivity contribution in [3.63, 3.8) is 0 Å². The first kappa shape index (κ1) is 27.9. The average molecular weight is 539 g/mol. The van der Waals surface area contributed by atoms with Crippen LogP contribution in [-0.4, -0.2) is 33.3 Å². The van der Waals surface area contributed by atoms with Gasteiger partial charge >= 0.3 is 6.18 Å². The van der Waals surface area contributed by atoms with Crippen LogP contribution in [0.15, 0.2) is 72.4 Å². The third-order valence-corrected chi connectivity index (χ3v) is 6.48. The van der Waals surface area contributed by atoms with Crippen LogP contribution >= 0.6 is 0 Å². The lowest BCUT2D eigenvalue weighted by Gasteiger charge is -2.25. The lowest BCUT2D eigenvalue weighted by molar-refractivity contribution is -0.140. The molecule has 1 N–H and O–H groups in total. The number of Topliss-reactive ketones (excluding diaryl/α,β-unsaturated/α-hetero) is 1. The summed E-state index contributed by atoms with van der Waals surface area (Å²) in [6.07, 6.45) is -3.09. The first-order chi connectivity index (χ1) is 18.3. The van der Waals surface area contributed by atoms with Crippen LogP contribution in [0.25, 0.3) is 5.76 Å². The van der Waals surface area contributed by atoms with E-state index in [0.717, 1.165) is 22.6 Å². The first-order valence-corrected chi connectivity index (χ1v) is 12.5. The van der Waals surface area contributed by atoms with Crippen molar-refractivity contribution in [2.75, 3.05) is 6.61 Å². The molecule has 1 fully saturated rings. The Morgan fingerprint density at radius 2 is 1.77 bits per heavy atom. The Bertz CT molecular complexity index is 1430. The first-order valence-electron chi connectivity index (χ1n) is 12.5. The van der Waals surface area contributed by atoms with Gasteiger partial charge in [0.25, 0.3) is 11.7 Å². The molecular weight excluding hydrogens is 509 g/mol.